The number of aliphatic hydroxyl groups excluding tert-OH is 1. The molecule has 1 aromatic heterocycles. The first kappa shape index (κ1) is 20.5. The van der Waals surface area contributed by atoms with Crippen molar-refractivity contribution in [3.05, 3.63) is 58.4 Å². The molecule has 0 saturated heterocycles. The van der Waals surface area contributed by atoms with Crippen LogP contribution in [0, 0.1) is 0 Å². The molecule has 5 nitrogen and oxygen atoms in total. The van der Waals surface area contributed by atoms with E-state index >= 15 is 0 Å². The van der Waals surface area contributed by atoms with Crippen molar-refractivity contribution in [1.82, 2.24) is 0 Å². The van der Waals surface area contributed by atoms with Gasteiger partial charge in [-0.25, -0.2) is 0 Å². The van der Waals surface area contributed by atoms with Crippen molar-refractivity contribution in [2.24, 2.45) is 0 Å². The largest absolute Gasteiger partial charge is 0.493 e. The number of aliphatic hydroxyl groups is 1. The summed E-state index contributed by atoms with van der Waals surface area (Å²) >= 11 is 0. The first-order valence-electron chi connectivity index (χ1n) is 8.97. The smallest absolute Gasteiger partial charge is 0.204 e. The monoisotopic (exact) mass is 370 g/mol. The summed E-state index contributed by atoms with van der Waals surface area (Å²) in [5.74, 6) is 0.909. The van der Waals surface area contributed by atoms with Crippen LogP contribution in [0.25, 0.3) is 22.1 Å². The number of hydrogen-bond donors (Lipinski definition) is 1. The third-order valence-electron chi connectivity index (χ3n) is 3.95. The van der Waals surface area contributed by atoms with E-state index in [-0.39, 0.29) is 12.0 Å². The van der Waals surface area contributed by atoms with E-state index in [1.807, 2.05) is 24.3 Å². The molecule has 0 spiro atoms. The minimum Gasteiger partial charge on any atom is -0.493 e. The Morgan fingerprint density at radius 2 is 1.67 bits per heavy atom. The third-order valence-corrected chi connectivity index (χ3v) is 3.95. The predicted molar refractivity (Wildman–Crippen MR) is 108 cm³/mol. The van der Waals surface area contributed by atoms with Crippen molar-refractivity contribution in [3.63, 3.8) is 0 Å². The molecule has 0 aliphatic heterocycles. The summed E-state index contributed by atoms with van der Waals surface area (Å²) in [7, 11) is 3.04. The quantitative estimate of drug-likeness (QED) is 0.720. The highest BCUT2D eigenvalue weighted by Gasteiger charge is 2.16. The highest BCUT2D eigenvalue weighted by molar-refractivity contribution is 5.88. The van der Waals surface area contributed by atoms with E-state index < -0.39 is 0 Å². The van der Waals surface area contributed by atoms with Gasteiger partial charge in [-0.1, -0.05) is 44.5 Å². The number of ether oxygens (including phenoxy) is 2. The van der Waals surface area contributed by atoms with Crippen LogP contribution in [0.4, 0.5) is 0 Å². The maximum Gasteiger partial charge on any atom is 0.204 e. The molecule has 1 N–H and O–H groups in total. The molecule has 0 unspecified atom stereocenters. The number of fused-ring (bicyclic) bond motifs is 1. The van der Waals surface area contributed by atoms with Gasteiger partial charge in [0, 0.05) is 6.61 Å². The van der Waals surface area contributed by atoms with Crippen LogP contribution < -0.4 is 14.9 Å². The number of methoxy groups -OCH3 is 2. The fourth-order valence-electron chi connectivity index (χ4n) is 2.69. The maximum absolute atomic E-state index is 12.8. The van der Waals surface area contributed by atoms with Gasteiger partial charge in [0.1, 0.15) is 6.26 Å². The summed E-state index contributed by atoms with van der Waals surface area (Å²) in [6, 6.07) is 10.8. The van der Waals surface area contributed by atoms with Crippen molar-refractivity contribution >= 4 is 11.0 Å². The average Bonchev–Trinajstić information content (AvgIpc) is 2.69. The van der Waals surface area contributed by atoms with Gasteiger partial charge in [0.05, 0.1) is 25.2 Å². The van der Waals surface area contributed by atoms with Gasteiger partial charge in [0.15, 0.2) is 11.3 Å². The Labute approximate surface area is 159 Å². The van der Waals surface area contributed by atoms with Crippen LogP contribution in [0.15, 0.2) is 51.9 Å². The second kappa shape index (κ2) is 9.78. The molecular formula is C22H26O5. The van der Waals surface area contributed by atoms with Crippen LogP contribution in [0.3, 0.4) is 0 Å². The van der Waals surface area contributed by atoms with Gasteiger partial charge in [-0.2, -0.15) is 0 Å². The highest BCUT2D eigenvalue weighted by Crippen LogP contribution is 2.35. The predicted octanol–water partition coefficient (Wildman–Crippen LogP) is 4.43. The molecule has 0 saturated carbocycles. The summed E-state index contributed by atoms with van der Waals surface area (Å²) in [4.78, 5) is 12.8. The lowest BCUT2D eigenvalue weighted by Gasteiger charge is -2.10. The Bertz CT molecular complexity index is 926. The van der Waals surface area contributed by atoms with Gasteiger partial charge in [-0.15, -0.1) is 0 Å². The first-order chi connectivity index (χ1) is 13.1. The second-order valence-corrected chi connectivity index (χ2v) is 6.03. The molecule has 1 heterocycles. The summed E-state index contributed by atoms with van der Waals surface area (Å²) in [5, 5.41) is 9.41. The molecule has 5 heteroatoms. The molecule has 2 aromatic carbocycles. The normalized spacial score (nSPS) is 10.3. The minimum absolute atomic E-state index is 0.0963. The van der Waals surface area contributed by atoms with Crippen molar-refractivity contribution < 1.29 is 19.0 Å². The van der Waals surface area contributed by atoms with E-state index in [1.54, 1.807) is 12.1 Å². The average molecular weight is 370 g/mol. The number of hydrogen-bond acceptors (Lipinski definition) is 5. The van der Waals surface area contributed by atoms with Crippen LogP contribution in [0.5, 0.6) is 11.5 Å². The number of benzene rings is 2. The Morgan fingerprint density at radius 1 is 1.00 bits per heavy atom. The molecule has 0 aliphatic carbocycles. The van der Waals surface area contributed by atoms with Crippen LogP contribution in [-0.2, 0) is 6.42 Å². The summed E-state index contributed by atoms with van der Waals surface area (Å²) in [6.45, 7) is 4.35. The lowest BCUT2D eigenvalue weighted by molar-refractivity contribution is 0.299. The van der Waals surface area contributed by atoms with E-state index in [0.29, 0.717) is 34.5 Å². The Hall–Kier alpha value is -2.79. The van der Waals surface area contributed by atoms with Gasteiger partial charge in [-0.3, -0.25) is 4.79 Å². The minimum atomic E-state index is -0.132. The van der Waals surface area contributed by atoms with Crippen molar-refractivity contribution in [2.45, 2.75) is 26.7 Å². The molecule has 3 aromatic rings. The third kappa shape index (κ3) is 4.49. The zero-order valence-corrected chi connectivity index (χ0v) is 16.2. The number of rotatable bonds is 5. The lowest BCUT2D eigenvalue weighted by atomic mass is 10.0. The molecule has 0 fully saturated rings. The van der Waals surface area contributed by atoms with E-state index in [1.165, 1.54) is 26.9 Å². The maximum atomic E-state index is 12.8. The molecule has 0 amide bonds. The van der Waals surface area contributed by atoms with E-state index in [0.717, 1.165) is 11.1 Å². The van der Waals surface area contributed by atoms with Gasteiger partial charge < -0.3 is 19.0 Å². The molecule has 0 bridgehead atoms. The molecule has 144 valence electrons. The summed E-state index contributed by atoms with van der Waals surface area (Å²) in [5.41, 5.74) is 2.49. The Kier molecular flexibility index (Phi) is 7.44. The van der Waals surface area contributed by atoms with Gasteiger partial charge in [0.25, 0.3) is 0 Å². The van der Waals surface area contributed by atoms with Crippen LogP contribution in [0.1, 0.15) is 25.8 Å². The molecular weight excluding hydrogens is 344 g/mol. The summed E-state index contributed by atoms with van der Waals surface area (Å²) < 4.78 is 16.2. The van der Waals surface area contributed by atoms with Gasteiger partial charge >= 0.3 is 0 Å². The SMILES string of the molecule is CCC.COc1ccc2c(=O)c(-c3ccc(CCO)cc3)coc2c1OC. The van der Waals surface area contributed by atoms with Crippen molar-refractivity contribution in [3.8, 4) is 22.6 Å². The molecule has 0 radical (unpaired) electrons. The van der Waals surface area contributed by atoms with Crippen molar-refractivity contribution in [1.29, 1.82) is 0 Å². The zero-order chi connectivity index (χ0) is 19.8. The highest BCUT2D eigenvalue weighted by atomic mass is 16.5. The molecule has 0 atom stereocenters. The van der Waals surface area contributed by atoms with E-state index in [9.17, 15) is 4.79 Å². The Morgan fingerprint density at radius 3 is 2.22 bits per heavy atom. The Balaban J connectivity index is 0.000000817. The second-order valence-electron chi connectivity index (χ2n) is 6.03. The molecule has 27 heavy (non-hydrogen) atoms. The first-order valence-corrected chi connectivity index (χ1v) is 8.97. The zero-order valence-electron chi connectivity index (χ0n) is 16.2. The molecule has 3 rings (SSSR count). The van der Waals surface area contributed by atoms with Gasteiger partial charge in [-0.05, 0) is 29.7 Å². The fraction of sp³-hybridized carbons (Fsp3) is 0.318. The lowest BCUT2D eigenvalue weighted by Crippen LogP contribution is -2.06. The van der Waals surface area contributed by atoms with E-state index in [2.05, 4.69) is 13.8 Å². The van der Waals surface area contributed by atoms with Crippen LogP contribution in [-0.4, -0.2) is 25.9 Å². The van der Waals surface area contributed by atoms with Crippen LogP contribution in [0.2, 0.25) is 0 Å². The van der Waals surface area contributed by atoms with Crippen LogP contribution >= 0.6 is 0 Å². The molecule has 0 aliphatic rings. The fourth-order valence-corrected chi connectivity index (χ4v) is 2.69. The van der Waals surface area contributed by atoms with E-state index in [4.69, 9.17) is 19.0 Å². The van der Waals surface area contributed by atoms with Gasteiger partial charge in [0.2, 0.25) is 11.2 Å². The standard InChI is InChI=1S/C19H18O5.C3H8/c1-22-16-8-7-14-17(21)15(11-24-18(14)19(16)23-2)13-5-3-12(4-6-13)9-10-20;1-3-2/h3-8,11,20H,9-10H2,1-2H3;3H2,1-2H3. The summed E-state index contributed by atoms with van der Waals surface area (Å²) in [6.07, 6.45) is 3.28. The van der Waals surface area contributed by atoms with Crippen molar-refractivity contribution in [2.75, 3.05) is 20.8 Å². The topological polar surface area (TPSA) is 68.9 Å².